The van der Waals surface area contributed by atoms with Gasteiger partial charge in [0.25, 0.3) is 11.3 Å². The zero-order valence-electron chi connectivity index (χ0n) is 10.9. The minimum absolute atomic E-state index is 0.231. The minimum Gasteiger partial charge on any atom is -0.316 e. The fourth-order valence-electron chi connectivity index (χ4n) is 1.90. The van der Waals surface area contributed by atoms with Crippen LogP contribution in [-0.2, 0) is 6.42 Å². The number of aryl methyl sites for hydroxylation is 1. The van der Waals surface area contributed by atoms with Gasteiger partial charge in [-0.1, -0.05) is 6.92 Å². The molecule has 0 amide bonds. The summed E-state index contributed by atoms with van der Waals surface area (Å²) in [6.07, 6.45) is 2.39. The Kier molecular flexibility index (Phi) is 2.44. The molecule has 98 valence electrons. The molecule has 0 saturated heterocycles. The molecule has 3 aromatic rings. The van der Waals surface area contributed by atoms with Gasteiger partial charge in [0.05, 0.1) is 0 Å². The highest BCUT2D eigenvalue weighted by Crippen LogP contribution is 2.08. The molecule has 0 spiro atoms. The summed E-state index contributed by atoms with van der Waals surface area (Å²) in [4.78, 5) is 16.5. The van der Waals surface area contributed by atoms with E-state index in [1.165, 1.54) is 4.68 Å². The first-order valence-electron chi connectivity index (χ1n) is 5.93. The van der Waals surface area contributed by atoms with Crippen LogP contribution in [0.15, 0.2) is 17.1 Å². The maximum Gasteiger partial charge on any atom is 0.298 e. The van der Waals surface area contributed by atoms with Crippen LogP contribution in [0.1, 0.15) is 12.7 Å². The van der Waals surface area contributed by atoms with Crippen LogP contribution in [0.25, 0.3) is 16.8 Å². The number of fused-ring (bicyclic) bond motifs is 3. The number of aromatic nitrogens is 6. The molecule has 8 nitrogen and oxygen atoms in total. The summed E-state index contributed by atoms with van der Waals surface area (Å²) in [6.45, 7) is 1.96. The van der Waals surface area contributed by atoms with Crippen molar-refractivity contribution in [2.24, 2.45) is 0 Å². The number of pyridine rings is 1. The van der Waals surface area contributed by atoms with Gasteiger partial charge in [-0.05, 0) is 6.07 Å². The van der Waals surface area contributed by atoms with Crippen LogP contribution < -0.4 is 10.6 Å². The van der Waals surface area contributed by atoms with Crippen LogP contribution in [0.2, 0.25) is 0 Å². The molecular formula is C11H13N7O. The second-order valence-electron chi connectivity index (χ2n) is 4.34. The number of rotatable bonds is 2. The van der Waals surface area contributed by atoms with Crippen molar-refractivity contribution in [3.8, 4) is 0 Å². The summed E-state index contributed by atoms with van der Waals surface area (Å²) in [6, 6.07) is 1.78. The molecule has 0 bridgehead atoms. The van der Waals surface area contributed by atoms with E-state index in [2.05, 4.69) is 20.3 Å². The van der Waals surface area contributed by atoms with Crippen LogP contribution in [-0.4, -0.2) is 43.6 Å². The smallest absolute Gasteiger partial charge is 0.298 e. The van der Waals surface area contributed by atoms with E-state index in [9.17, 15) is 4.79 Å². The zero-order valence-corrected chi connectivity index (χ0v) is 10.9. The van der Waals surface area contributed by atoms with Crippen molar-refractivity contribution in [1.82, 2.24) is 29.5 Å². The Balaban J connectivity index is 2.41. The van der Waals surface area contributed by atoms with Crippen molar-refractivity contribution >= 4 is 16.8 Å². The topological polar surface area (TPSA) is 81.2 Å². The Labute approximate surface area is 108 Å². The van der Waals surface area contributed by atoms with Gasteiger partial charge in [-0.2, -0.15) is 9.50 Å². The highest BCUT2D eigenvalue weighted by molar-refractivity contribution is 5.74. The molecule has 0 aliphatic heterocycles. The molecule has 0 aliphatic rings. The van der Waals surface area contributed by atoms with Crippen molar-refractivity contribution in [1.29, 1.82) is 0 Å². The van der Waals surface area contributed by atoms with Gasteiger partial charge in [-0.15, -0.1) is 15.3 Å². The molecule has 3 heterocycles. The largest absolute Gasteiger partial charge is 0.316 e. The molecule has 3 aromatic heterocycles. The van der Waals surface area contributed by atoms with Gasteiger partial charge in [0.15, 0.2) is 11.3 Å². The third-order valence-corrected chi connectivity index (χ3v) is 2.88. The number of nitrogens with zero attached hydrogens (tertiary/aromatic N) is 7. The van der Waals surface area contributed by atoms with Crippen molar-refractivity contribution in [2.75, 3.05) is 19.1 Å². The third-order valence-electron chi connectivity index (χ3n) is 2.88. The van der Waals surface area contributed by atoms with Gasteiger partial charge >= 0.3 is 0 Å². The molecule has 19 heavy (non-hydrogen) atoms. The van der Waals surface area contributed by atoms with Crippen LogP contribution in [0, 0.1) is 0 Å². The Morgan fingerprint density at radius 1 is 1.32 bits per heavy atom. The van der Waals surface area contributed by atoms with Crippen LogP contribution >= 0.6 is 0 Å². The van der Waals surface area contributed by atoms with Gasteiger partial charge < -0.3 is 5.01 Å². The van der Waals surface area contributed by atoms with Crippen LogP contribution in [0.4, 0.5) is 0 Å². The Bertz CT molecular complexity index is 817. The van der Waals surface area contributed by atoms with Crippen LogP contribution in [0.3, 0.4) is 0 Å². The maximum atomic E-state index is 12.2. The molecule has 0 unspecified atom stereocenters. The first-order valence-corrected chi connectivity index (χ1v) is 5.93. The molecule has 0 aliphatic carbocycles. The molecule has 8 heteroatoms. The Morgan fingerprint density at radius 3 is 2.79 bits per heavy atom. The van der Waals surface area contributed by atoms with Crippen molar-refractivity contribution in [3.05, 3.63) is 28.4 Å². The third kappa shape index (κ3) is 1.64. The van der Waals surface area contributed by atoms with E-state index in [4.69, 9.17) is 0 Å². The first kappa shape index (κ1) is 11.6. The average Bonchev–Trinajstić information content (AvgIpc) is 2.82. The molecule has 0 atom stereocenters. The molecule has 0 fully saturated rings. The summed E-state index contributed by atoms with van der Waals surface area (Å²) >= 11 is 0. The molecule has 3 rings (SSSR count). The fourth-order valence-corrected chi connectivity index (χ4v) is 1.90. The first-order chi connectivity index (χ1) is 9.11. The second-order valence-corrected chi connectivity index (χ2v) is 4.34. The lowest BCUT2D eigenvalue weighted by Crippen LogP contribution is -2.36. The summed E-state index contributed by atoms with van der Waals surface area (Å²) in [5.74, 6) is 1.09. The lowest BCUT2D eigenvalue weighted by atomic mass is 10.4. The fraction of sp³-hybridized carbons (Fsp3) is 0.364. The van der Waals surface area contributed by atoms with Gasteiger partial charge in [0.1, 0.15) is 5.52 Å². The minimum atomic E-state index is -0.231. The normalized spacial score (nSPS) is 11.3. The van der Waals surface area contributed by atoms with Gasteiger partial charge in [0, 0.05) is 26.7 Å². The van der Waals surface area contributed by atoms with Gasteiger partial charge in [-0.25, -0.2) is 4.68 Å². The molecule has 0 saturated carbocycles. The molecular weight excluding hydrogens is 246 g/mol. The van der Waals surface area contributed by atoms with Crippen molar-refractivity contribution in [3.63, 3.8) is 0 Å². The van der Waals surface area contributed by atoms with Crippen molar-refractivity contribution < 1.29 is 0 Å². The summed E-state index contributed by atoms with van der Waals surface area (Å²) in [5, 5.41) is 13.9. The summed E-state index contributed by atoms with van der Waals surface area (Å²) < 4.78 is 3.02. The Hall–Kier alpha value is -2.51. The van der Waals surface area contributed by atoms with E-state index < -0.39 is 0 Å². The monoisotopic (exact) mass is 259 g/mol. The number of hydrogen-bond donors (Lipinski definition) is 0. The van der Waals surface area contributed by atoms with E-state index >= 15 is 0 Å². The lowest BCUT2D eigenvalue weighted by Gasteiger charge is -2.15. The second kappa shape index (κ2) is 4.01. The van der Waals surface area contributed by atoms with Gasteiger partial charge in [0.2, 0.25) is 0 Å². The average molecular weight is 259 g/mol. The maximum absolute atomic E-state index is 12.2. The van der Waals surface area contributed by atoms with E-state index in [1.54, 1.807) is 35.9 Å². The summed E-state index contributed by atoms with van der Waals surface area (Å²) in [7, 11) is 3.56. The molecule has 0 N–H and O–H groups in total. The predicted molar refractivity (Wildman–Crippen MR) is 69.8 cm³/mol. The highest BCUT2D eigenvalue weighted by atomic mass is 16.1. The van der Waals surface area contributed by atoms with E-state index in [-0.39, 0.29) is 11.1 Å². The summed E-state index contributed by atoms with van der Waals surface area (Å²) in [5.41, 5.74) is 0.655. The van der Waals surface area contributed by atoms with Gasteiger partial charge in [-0.3, -0.25) is 4.79 Å². The lowest BCUT2D eigenvalue weighted by molar-refractivity contribution is 0.702. The highest BCUT2D eigenvalue weighted by Gasteiger charge is 2.12. The van der Waals surface area contributed by atoms with Crippen molar-refractivity contribution in [2.45, 2.75) is 13.3 Å². The van der Waals surface area contributed by atoms with E-state index in [0.717, 1.165) is 0 Å². The quantitative estimate of drug-likeness (QED) is 0.622. The van der Waals surface area contributed by atoms with E-state index in [1.807, 2.05) is 6.92 Å². The zero-order chi connectivity index (χ0) is 13.6. The Morgan fingerprint density at radius 2 is 2.11 bits per heavy atom. The van der Waals surface area contributed by atoms with E-state index in [0.29, 0.717) is 23.5 Å². The number of hydrogen-bond acceptors (Lipinski definition) is 6. The standard InChI is InChI=1S/C11H13N7O/c1-4-8-12-11-14-13-9-7(18(11)15-8)5-6-17(10(9)19)16(2)3/h5-6H,4H2,1-3H3. The predicted octanol–water partition coefficient (Wildman–Crippen LogP) is -0.406. The molecule has 0 aromatic carbocycles. The van der Waals surface area contributed by atoms with Crippen LogP contribution in [0.5, 0.6) is 0 Å². The SMILES string of the molecule is CCc1nc2nnc3c(=O)n(N(C)C)ccc3n2n1. The molecule has 0 radical (unpaired) electrons.